The average molecular weight is 277 g/mol. The van der Waals surface area contributed by atoms with Gasteiger partial charge in [0.2, 0.25) is 0 Å². The lowest BCUT2D eigenvalue weighted by molar-refractivity contribution is 0.587. The quantitative estimate of drug-likeness (QED) is 0.783. The van der Waals surface area contributed by atoms with E-state index in [9.17, 15) is 0 Å². The van der Waals surface area contributed by atoms with Crippen LogP contribution in [-0.4, -0.2) is 16.0 Å². The van der Waals surface area contributed by atoms with Gasteiger partial charge in [-0.1, -0.05) is 32.0 Å². The number of hydrogen-bond acceptors (Lipinski definition) is 3. The van der Waals surface area contributed by atoms with Crippen molar-refractivity contribution in [2.24, 2.45) is 11.7 Å². The summed E-state index contributed by atoms with van der Waals surface area (Å²) in [5, 5.41) is 3.62. The lowest BCUT2D eigenvalue weighted by Gasteiger charge is -2.21. The fraction of sp³-hybridized carbons (Fsp3) is 0.600. The molecule has 1 heterocycles. The molecule has 0 radical (unpaired) electrons. The molecule has 0 saturated heterocycles. The number of pyridine rings is 1. The monoisotopic (exact) mass is 277 g/mol. The molecule has 3 nitrogen and oxygen atoms in total. The van der Waals surface area contributed by atoms with Gasteiger partial charge in [0, 0.05) is 23.1 Å². The molecule has 0 aliphatic heterocycles. The van der Waals surface area contributed by atoms with Gasteiger partial charge in [-0.3, -0.25) is 4.98 Å². The third kappa shape index (κ3) is 3.66. The molecule has 0 aromatic carbocycles. The Morgan fingerprint density at radius 2 is 2.21 bits per heavy atom. The molecule has 1 fully saturated rings. The molecule has 0 amide bonds. The van der Waals surface area contributed by atoms with Crippen molar-refractivity contribution in [3.8, 4) is 0 Å². The largest absolute Gasteiger partial charge is 0.389 e. The highest BCUT2D eigenvalue weighted by Crippen LogP contribution is 2.35. The number of nitrogens with zero attached hydrogens (tertiary/aromatic N) is 1. The molecule has 1 saturated carbocycles. The Hall–Kier alpha value is -1.16. The molecule has 4 heteroatoms. The summed E-state index contributed by atoms with van der Waals surface area (Å²) in [6.07, 6.45) is 5.13. The van der Waals surface area contributed by atoms with E-state index < -0.39 is 0 Å². The Morgan fingerprint density at radius 3 is 2.74 bits per heavy atom. The fourth-order valence-electron chi connectivity index (χ4n) is 2.56. The van der Waals surface area contributed by atoms with Crippen molar-refractivity contribution in [2.75, 3.05) is 5.32 Å². The molecule has 0 spiro atoms. The molecule has 1 aromatic heterocycles. The molecule has 2 rings (SSSR count). The summed E-state index contributed by atoms with van der Waals surface area (Å²) in [5.41, 5.74) is 9.71. The Balaban J connectivity index is 2.23. The molecule has 104 valence electrons. The van der Waals surface area contributed by atoms with Gasteiger partial charge in [0.25, 0.3) is 0 Å². The molecule has 0 bridgehead atoms. The van der Waals surface area contributed by atoms with Crippen LogP contribution in [0.5, 0.6) is 0 Å². The number of thiocarbonyl (C=S) groups is 1. The van der Waals surface area contributed by atoms with Crippen LogP contribution in [0.15, 0.2) is 6.07 Å². The second kappa shape index (κ2) is 5.87. The molecular formula is C15H23N3S. The van der Waals surface area contributed by atoms with Gasteiger partial charge in [-0.05, 0) is 38.7 Å². The van der Waals surface area contributed by atoms with E-state index >= 15 is 0 Å². The van der Waals surface area contributed by atoms with Crippen LogP contribution in [0.1, 0.15) is 49.6 Å². The van der Waals surface area contributed by atoms with Gasteiger partial charge in [0.1, 0.15) is 4.99 Å². The topological polar surface area (TPSA) is 50.9 Å². The van der Waals surface area contributed by atoms with Gasteiger partial charge in [-0.15, -0.1) is 0 Å². The van der Waals surface area contributed by atoms with Gasteiger partial charge in [0.15, 0.2) is 0 Å². The van der Waals surface area contributed by atoms with Crippen molar-refractivity contribution in [1.82, 2.24) is 4.98 Å². The molecule has 1 aromatic rings. The van der Waals surface area contributed by atoms with Crippen molar-refractivity contribution < 1.29 is 0 Å². The maximum atomic E-state index is 5.85. The van der Waals surface area contributed by atoms with E-state index in [0.29, 0.717) is 11.0 Å². The standard InChI is InChI=1S/C15H23N3S/c1-4-12(8-11-5-6-11)18-13-7-9(2)17-10(3)14(13)15(16)19/h7,11-12H,4-6,8H2,1-3H3,(H2,16,19)(H,17,18). The smallest absolute Gasteiger partial charge is 0.107 e. The molecule has 3 N–H and O–H groups in total. The predicted octanol–water partition coefficient (Wildman–Crippen LogP) is 3.32. The minimum absolute atomic E-state index is 0.425. The molecule has 1 aliphatic carbocycles. The van der Waals surface area contributed by atoms with Crippen molar-refractivity contribution in [3.05, 3.63) is 23.0 Å². The van der Waals surface area contributed by atoms with Crippen LogP contribution in [0, 0.1) is 19.8 Å². The zero-order valence-corrected chi connectivity index (χ0v) is 12.8. The van der Waals surface area contributed by atoms with Gasteiger partial charge in [-0.25, -0.2) is 0 Å². The summed E-state index contributed by atoms with van der Waals surface area (Å²) in [6.45, 7) is 6.19. The summed E-state index contributed by atoms with van der Waals surface area (Å²) in [4.78, 5) is 4.88. The highest BCUT2D eigenvalue weighted by molar-refractivity contribution is 7.80. The number of aryl methyl sites for hydroxylation is 2. The van der Waals surface area contributed by atoms with E-state index in [-0.39, 0.29) is 0 Å². The van der Waals surface area contributed by atoms with E-state index in [1.807, 2.05) is 13.8 Å². The first-order chi connectivity index (χ1) is 9.01. The zero-order valence-electron chi connectivity index (χ0n) is 12.0. The highest BCUT2D eigenvalue weighted by Gasteiger charge is 2.25. The minimum Gasteiger partial charge on any atom is -0.389 e. The van der Waals surface area contributed by atoms with Gasteiger partial charge < -0.3 is 11.1 Å². The Morgan fingerprint density at radius 1 is 1.53 bits per heavy atom. The van der Waals surface area contributed by atoms with Crippen molar-refractivity contribution in [2.45, 2.75) is 52.5 Å². The normalized spacial score (nSPS) is 16.2. The second-order valence-corrected chi connectivity index (χ2v) is 6.00. The van der Waals surface area contributed by atoms with Gasteiger partial charge in [-0.2, -0.15) is 0 Å². The van der Waals surface area contributed by atoms with E-state index in [1.54, 1.807) is 0 Å². The average Bonchev–Trinajstić information content (AvgIpc) is 3.10. The van der Waals surface area contributed by atoms with E-state index in [0.717, 1.165) is 35.0 Å². The summed E-state index contributed by atoms with van der Waals surface area (Å²) in [5.74, 6) is 0.912. The van der Waals surface area contributed by atoms with Gasteiger partial charge >= 0.3 is 0 Å². The van der Waals surface area contributed by atoms with Crippen LogP contribution in [-0.2, 0) is 0 Å². The lowest BCUT2D eigenvalue weighted by Crippen LogP contribution is -2.23. The fourth-order valence-corrected chi connectivity index (χ4v) is 2.81. The maximum absolute atomic E-state index is 5.85. The Labute approximate surface area is 121 Å². The zero-order chi connectivity index (χ0) is 14.0. The van der Waals surface area contributed by atoms with Crippen LogP contribution in [0.25, 0.3) is 0 Å². The highest BCUT2D eigenvalue weighted by atomic mass is 32.1. The number of anilines is 1. The van der Waals surface area contributed by atoms with Gasteiger partial charge in [0.05, 0.1) is 5.56 Å². The third-order valence-corrected chi connectivity index (χ3v) is 3.95. The number of hydrogen-bond donors (Lipinski definition) is 2. The van der Waals surface area contributed by atoms with Crippen molar-refractivity contribution in [3.63, 3.8) is 0 Å². The molecule has 1 unspecified atom stereocenters. The van der Waals surface area contributed by atoms with E-state index in [2.05, 4.69) is 23.3 Å². The summed E-state index contributed by atoms with van der Waals surface area (Å²) in [7, 11) is 0. The molecular weight excluding hydrogens is 254 g/mol. The van der Waals surface area contributed by atoms with E-state index in [1.165, 1.54) is 19.3 Å². The second-order valence-electron chi connectivity index (χ2n) is 5.56. The number of nitrogens with two attached hydrogens (primary N) is 1. The summed E-state index contributed by atoms with van der Waals surface area (Å²) >= 11 is 5.17. The van der Waals surface area contributed by atoms with Crippen LogP contribution in [0.3, 0.4) is 0 Å². The number of rotatable bonds is 6. The van der Waals surface area contributed by atoms with Crippen LogP contribution in [0.4, 0.5) is 5.69 Å². The van der Waals surface area contributed by atoms with Crippen LogP contribution >= 0.6 is 12.2 Å². The first kappa shape index (κ1) is 14.3. The molecule has 1 atom stereocenters. The number of nitrogens with one attached hydrogen (secondary N) is 1. The van der Waals surface area contributed by atoms with Crippen LogP contribution in [0.2, 0.25) is 0 Å². The lowest BCUT2D eigenvalue weighted by atomic mass is 10.1. The third-order valence-electron chi connectivity index (χ3n) is 3.74. The summed E-state index contributed by atoms with van der Waals surface area (Å²) < 4.78 is 0. The SMILES string of the molecule is CCC(CC1CC1)Nc1cc(C)nc(C)c1C(N)=S. The van der Waals surface area contributed by atoms with Crippen LogP contribution < -0.4 is 11.1 Å². The first-order valence-corrected chi connectivity index (χ1v) is 7.46. The van der Waals surface area contributed by atoms with E-state index in [4.69, 9.17) is 18.0 Å². The maximum Gasteiger partial charge on any atom is 0.107 e. The Kier molecular flexibility index (Phi) is 4.40. The molecule has 19 heavy (non-hydrogen) atoms. The predicted molar refractivity (Wildman–Crippen MR) is 84.6 cm³/mol. The Bertz CT molecular complexity index is 481. The minimum atomic E-state index is 0.425. The van der Waals surface area contributed by atoms with Crippen molar-refractivity contribution >= 4 is 22.9 Å². The van der Waals surface area contributed by atoms with Crippen molar-refractivity contribution in [1.29, 1.82) is 0 Å². The summed E-state index contributed by atoms with van der Waals surface area (Å²) in [6, 6.07) is 2.55. The first-order valence-electron chi connectivity index (χ1n) is 7.05. The molecule has 1 aliphatic rings. The number of aromatic nitrogens is 1.